The predicted octanol–water partition coefficient (Wildman–Crippen LogP) is 3.57. The maximum atomic E-state index is 14.5. The Morgan fingerprint density at radius 2 is 1.83 bits per heavy atom. The summed E-state index contributed by atoms with van der Waals surface area (Å²) in [5, 5.41) is 44.2. The van der Waals surface area contributed by atoms with Crippen LogP contribution in [0.3, 0.4) is 0 Å². The molecule has 10 heteroatoms. The molecule has 2 N–H and O–H groups in total. The number of nitrogens with zero attached hydrogens (tertiary/aromatic N) is 4. The van der Waals surface area contributed by atoms with Crippen LogP contribution in [0.1, 0.15) is 46.7 Å². The summed E-state index contributed by atoms with van der Waals surface area (Å²) in [6.45, 7) is 0.553. The van der Waals surface area contributed by atoms with E-state index >= 15 is 0 Å². The smallest absolute Gasteiger partial charge is 0.268 e. The van der Waals surface area contributed by atoms with Gasteiger partial charge >= 0.3 is 0 Å². The number of aliphatic hydroxyl groups excluding tert-OH is 1. The second-order valence-electron chi connectivity index (χ2n) is 11.4. The molecule has 2 aromatic carbocycles. The number of fused-ring (bicyclic) bond motifs is 3. The number of hydrogen-bond donors (Lipinski definition) is 2. The molecule has 4 aliphatic rings. The molecule has 7 rings (SSSR count). The van der Waals surface area contributed by atoms with Gasteiger partial charge in [0, 0.05) is 37.4 Å². The van der Waals surface area contributed by atoms with Crippen LogP contribution >= 0.6 is 0 Å². The van der Waals surface area contributed by atoms with Crippen LogP contribution in [0.2, 0.25) is 0 Å². The molecule has 1 aromatic heterocycles. The Morgan fingerprint density at radius 1 is 1.12 bits per heavy atom. The van der Waals surface area contributed by atoms with Crippen LogP contribution in [0.5, 0.6) is 11.6 Å². The largest absolute Gasteiger partial charge is 0.481 e. The third kappa shape index (κ3) is 3.13. The van der Waals surface area contributed by atoms with Gasteiger partial charge in [0.25, 0.3) is 5.92 Å². The summed E-state index contributed by atoms with van der Waals surface area (Å²) in [6, 6.07) is 21.3. The van der Waals surface area contributed by atoms with Gasteiger partial charge in [-0.3, -0.25) is 4.90 Å². The molecule has 2 aliphatic carbocycles. The molecule has 6 atom stereocenters. The molecule has 2 aliphatic heterocycles. The Bertz CT molecular complexity index is 1640. The van der Waals surface area contributed by atoms with Gasteiger partial charge in [-0.2, -0.15) is 10.5 Å². The highest BCUT2D eigenvalue weighted by atomic mass is 19.3. The molecule has 208 valence electrons. The molecular formula is C31H26F2N4O4. The van der Waals surface area contributed by atoms with Gasteiger partial charge in [-0.1, -0.05) is 42.5 Å². The minimum Gasteiger partial charge on any atom is -0.481 e. The summed E-state index contributed by atoms with van der Waals surface area (Å²) >= 11 is 0. The van der Waals surface area contributed by atoms with Crippen molar-refractivity contribution in [3.8, 4) is 23.8 Å². The lowest BCUT2D eigenvalue weighted by Crippen LogP contribution is -2.56. The fourth-order valence-corrected chi connectivity index (χ4v) is 7.63. The number of aliphatic hydroxyl groups is 2. The van der Waals surface area contributed by atoms with E-state index in [1.54, 1.807) is 29.2 Å². The van der Waals surface area contributed by atoms with E-state index in [9.17, 15) is 29.5 Å². The second kappa shape index (κ2) is 8.46. The lowest BCUT2D eigenvalue weighted by molar-refractivity contribution is -0.153. The molecule has 6 unspecified atom stereocenters. The van der Waals surface area contributed by atoms with Crippen LogP contribution in [0.25, 0.3) is 0 Å². The van der Waals surface area contributed by atoms with Gasteiger partial charge in [0.1, 0.15) is 17.5 Å². The van der Waals surface area contributed by atoms with Gasteiger partial charge < -0.3 is 19.7 Å². The van der Waals surface area contributed by atoms with Gasteiger partial charge in [-0.05, 0) is 29.7 Å². The summed E-state index contributed by atoms with van der Waals surface area (Å²) in [7, 11) is 1.35. The van der Waals surface area contributed by atoms with Crippen molar-refractivity contribution in [2.24, 2.45) is 5.92 Å². The maximum Gasteiger partial charge on any atom is 0.268 e. The number of alkyl halides is 2. The SMILES string of the molecule is COc1nc(C#N)cc2c1C1(O)C(O)C(CN3CCC34CC4(F)F)C(c3ccccc3)C1(c1ccc(C#N)cc1)O2. The quantitative estimate of drug-likeness (QED) is 0.489. The van der Waals surface area contributed by atoms with Gasteiger partial charge in [-0.15, -0.1) is 0 Å². The van der Waals surface area contributed by atoms with E-state index in [1.807, 2.05) is 36.4 Å². The molecule has 8 nitrogen and oxygen atoms in total. The molecule has 41 heavy (non-hydrogen) atoms. The molecule has 3 fully saturated rings. The number of rotatable bonds is 5. The number of hydrogen-bond acceptors (Lipinski definition) is 8. The van der Waals surface area contributed by atoms with Crippen LogP contribution in [0, 0.1) is 28.6 Å². The van der Waals surface area contributed by atoms with Crippen LogP contribution < -0.4 is 9.47 Å². The van der Waals surface area contributed by atoms with Crippen molar-refractivity contribution < 1.29 is 28.5 Å². The highest BCUT2D eigenvalue weighted by Gasteiger charge is 2.80. The summed E-state index contributed by atoms with van der Waals surface area (Å²) < 4.78 is 41.3. The fraction of sp³-hybridized carbons (Fsp3) is 0.387. The number of halogens is 2. The Morgan fingerprint density at radius 3 is 2.39 bits per heavy atom. The number of nitriles is 2. The summed E-state index contributed by atoms with van der Waals surface area (Å²) in [6.07, 6.45) is -1.35. The number of benzene rings is 2. The van der Waals surface area contributed by atoms with E-state index in [0.717, 1.165) is 5.56 Å². The summed E-state index contributed by atoms with van der Waals surface area (Å²) in [5.41, 5.74) is -3.36. The van der Waals surface area contributed by atoms with Crippen LogP contribution in [-0.2, 0) is 11.2 Å². The number of ether oxygens (including phenoxy) is 2. The third-order valence-corrected chi connectivity index (χ3v) is 9.68. The van der Waals surface area contributed by atoms with Crippen molar-refractivity contribution in [1.82, 2.24) is 9.88 Å². The topological polar surface area (TPSA) is 123 Å². The number of pyridine rings is 1. The van der Waals surface area contributed by atoms with E-state index in [-0.39, 0.29) is 35.9 Å². The van der Waals surface area contributed by atoms with Crippen molar-refractivity contribution in [3.05, 3.63) is 88.6 Å². The normalized spacial score (nSPS) is 34.1. The Labute approximate surface area is 235 Å². The molecular weight excluding hydrogens is 530 g/mol. The van der Waals surface area contributed by atoms with Crippen molar-refractivity contribution in [2.45, 2.75) is 47.5 Å². The average Bonchev–Trinajstić information content (AvgIpc) is 3.44. The average molecular weight is 557 g/mol. The lowest BCUT2D eigenvalue weighted by atomic mass is 9.70. The standard InChI is InChI=1S/C31H26F2N4O4/c1-40-27-25-23(13-21(15-35)36-27)41-31(20-9-7-18(14-34)8-10-20)24(19-5-3-2-4-6-19)22(26(38)30(25,31)39)16-37-12-11-28(37)17-29(28,32)33/h2-10,13,22,24,26,38-39H,11-12,16-17H2,1H3. The first-order valence-corrected chi connectivity index (χ1v) is 13.4. The Balaban J connectivity index is 1.48. The zero-order valence-corrected chi connectivity index (χ0v) is 22.1. The van der Waals surface area contributed by atoms with Gasteiger partial charge in [0.05, 0.1) is 35.9 Å². The van der Waals surface area contributed by atoms with Crippen LogP contribution in [0.15, 0.2) is 60.7 Å². The van der Waals surface area contributed by atoms with Crippen molar-refractivity contribution >= 4 is 0 Å². The molecule has 1 spiro atoms. The van der Waals surface area contributed by atoms with Crippen LogP contribution in [-0.4, -0.2) is 57.9 Å². The Kier molecular flexibility index (Phi) is 5.34. The van der Waals surface area contributed by atoms with E-state index in [2.05, 4.69) is 11.1 Å². The monoisotopic (exact) mass is 556 g/mol. The number of aromatic nitrogens is 1. The summed E-state index contributed by atoms with van der Waals surface area (Å²) in [5.74, 6) is -4.21. The zero-order valence-electron chi connectivity index (χ0n) is 22.1. The predicted molar refractivity (Wildman–Crippen MR) is 140 cm³/mol. The third-order valence-electron chi connectivity index (χ3n) is 9.68. The molecule has 0 radical (unpaired) electrons. The van der Waals surface area contributed by atoms with Crippen LogP contribution in [0.4, 0.5) is 8.78 Å². The molecule has 3 heterocycles. The van der Waals surface area contributed by atoms with E-state index in [0.29, 0.717) is 24.1 Å². The van der Waals surface area contributed by atoms with Crippen molar-refractivity contribution in [1.29, 1.82) is 10.5 Å². The van der Waals surface area contributed by atoms with Crippen molar-refractivity contribution in [3.63, 3.8) is 0 Å². The fourth-order valence-electron chi connectivity index (χ4n) is 7.63. The van der Waals surface area contributed by atoms with Gasteiger partial charge in [-0.25, -0.2) is 13.8 Å². The minimum atomic E-state index is -2.79. The number of methoxy groups -OCH3 is 1. The van der Waals surface area contributed by atoms with Gasteiger partial charge in [0.2, 0.25) is 5.88 Å². The maximum absolute atomic E-state index is 14.5. The van der Waals surface area contributed by atoms with E-state index in [4.69, 9.17) is 9.47 Å². The van der Waals surface area contributed by atoms with Crippen molar-refractivity contribution in [2.75, 3.05) is 20.2 Å². The first kappa shape index (κ1) is 25.8. The minimum absolute atomic E-state index is 0.0000569. The summed E-state index contributed by atoms with van der Waals surface area (Å²) in [4.78, 5) is 5.97. The molecule has 0 bridgehead atoms. The second-order valence-corrected chi connectivity index (χ2v) is 11.4. The zero-order chi connectivity index (χ0) is 28.8. The van der Waals surface area contributed by atoms with E-state index < -0.39 is 40.6 Å². The molecule has 3 aromatic rings. The molecule has 0 amide bonds. The highest BCUT2D eigenvalue weighted by molar-refractivity contribution is 5.60. The van der Waals surface area contributed by atoms with E-state index in [1.165, 1.54) is 13.2 Å². The molecule has 2 saturated carbocycles. The van der Waals surface area contributed by atoms with Gasteiger partial charge in [0.15, 0.2) is 11.2 Å². The highest BCUT2D eigenvalue weighted by Crippen LogP contribution is 2.71. The number of likely N-dealkylation sites (tertiary alicyclic amines) is 1. The first-order chi connectivity index (χ1) is 19.7. The first-order valence-electron chi connectivity index (χ1n) is 13.4. The molecule has 1 saturated heterocycles. The Hall–Kier alpha value is -4.09. The lowest BCUT2D eigenvalue weighted by Gasteiger charge is -2.45.